The number of fused-ring (bicyclic) bond motifs is 1. The van der Waals surface area contributed by atoms with Crippen LogP contribution in [-0.4, -0.2) is 20.9 Å². The van der Waals surface area contributed by atoms with Crippen molar-refractivity contribution in [3.05, 3.63) is 76.0 Å². The van der Waals surface area contributed by atoms with Gasteiger partial charge in [-0.1, -0.05) is 29.8 Å². The SMILES string of the molecule is Cc1nc(-c2ccccc2Cl)sc1CNC(=O)c1ccc2nccnc2c1. The van der Waals surface area contributed by atoms with E-state index in [1.807, 2.05) is 31.2 Å². The number of amides is 1. The monoisotopic (exact) mass is 394 g/mol. The summed E-state index contributed by atoms with van der Waals surface area (Å²) in [6.07, 6.45) is 3.24. The van der Waals surface area contributed by atoms with Crippen molar-refractivity contribution in [1.29, 1.82) is 0 Å². The molecular formula is C20H15ClN4OS. The molecule has 0 spiro atoms. The summed E-state index contributed by atoms with van der Waals surface area (Å²) in [5.41, 5.74) is 3.80. The van der Waals surface area contributed by atoms with Crippen molar-refractivity contribution in [2.75, 3.05) is 0 Å². The van der Waals surface area contributed by atoms with Crippen LogP contribution in [0.3, 0.4) is 0 Å². The van der Waals surface area contributed by atoms with Gasteiger partial charge in [0.2, 0.25) is 0 Å². The summed E-state index contributed by atoms with van der Waals surface area (Å²) < 4.78 is 0. The average molecular weight is 395 g/mol. The first-order valence-corrected chi connectivity index (χ1v) is 9.51. The lowest BCUT2D eigenvalue weighted by Gasteiger charge is -2.05. The van der Waals surface area contributed by atoms with Gasteiger partial charge in [0.05, 0.1) is 28.3 Å². The minimum absolute atomic E-state index is 0.158. The van der Waals surface area contributed by atoms with Gasteiger partial charge in [0.15, 0.2) is 0 Å². The number of carbonyl (C=O) groups is 1. The van der Waals surface area contributed by atoms with E-state index >= 15 is 0 Å². The largest absolute Gasteiger partial charge is 0.347 e. The van der Waals surface area contributed by atoms with Crippen molar-refractivity contribution >= 4 is 39.9 Å². The number of halogens is 1. The number of hydrogen-bond acceptors (Lipinski definition) is 5. The minimum Gasteiger partial charge on any atom is -0.347 e. The molecule has 5 nitrogen and oxygen atoms in total. The number of carbonyl (C=O) groups excluding carboxylic acids is 1. The van der Waals surface area contributed by atoms with Crippen molar-refractivity contribution in [3.63, 3.8) is 0 Å². The molecule has 0 bridgehead atoms. The summed E-state index contributed by atoms with van der Waals surface area (Å²) in [6.45, 7) is 2.34. The zero-order chi connectivity index (χ0) is 18.8. The highest BCUT2D eigenvalue weighted by atomic mass is 35.5. The van der Waals surface area contributed by atoms with Gasteiger partial charge in [-0.3, -0.25) is 14.8 Å². The molecule has 0 aliphatic heterocycles. The van der Waals surface area contributed by atoms with Gasteiger partial charge in [-0.15, -0.1) is 11.3 Å². The van der Waals surface area contributed by atoms with Crippen LogP contribution in [0.1, 0.15) is 20.9 Å². The predicted octanol–water partition coefficient (Wildman–Crippen LogP) is 4.65. The average Bonchev–Trinajstić information content (AvgIpc) is 3.06. The molecule has 134 valence electrons. The van der Waals surface area contributed by atoms with Crippen LogP contribution < -0.4 is 5.32 Å². The Kier molecular flexibility index (Phi) is 4.83. The second-order valence-corrected chi connectivity index (χ2v) is 7.44. The molecule has 0 saturated carbocycles. The molecule has 7 heteroatoms. The molecule has 2 heterocycles. The summed E-state index contributed by atoms with van der Waals surface area (Å²) in [5, 5.41) is 4.47. The molecular weight excluding hydrogens is 380 g/mol. The third kappa shape index (κ3) is 3.67. The van der Waals surface area contributed by atoms with E-state index in [0.29, 0.717) is 22.6 Å². The van der Waals surface area contributed by atoms with Gasteiger partial charge in [0.25, 0.3) is 5.91 Å². The maximum Gasteiger partial charge on any atom is 0.251 e. The van der Waals surface area contributed by atoms with Crippen LogP contribution in [0.15, 0.2) is 54.9 Å². The molecule has 1 amide bonds. The maximum atomic E-state index is 12.5. The molecule has 0 atom stereocenters. The summed E-state index contributed by atoms with van der Waals surface area (Å²) in [7, 11) is 0. The van der Waals surface area contributed by atoms with Crippen LogP contribution in [0.2, 0.25) is 5.02 Å². The first kappa shape index (κ1) is 17.6. The van der Waals surface area contributed by atoms with Gasteiger partial charge in [-0.25, -0.2) is 4.98 Å². The van der Waals surface area contributed by atoms with Gasteiger partial charge in [0, 0.05) is 28.4 Å². The first-order valence-electron chi connectivity index (χ1n) is 8.32. The zero-order valence-electron chi connectivity index (χ0n) is 14.4. The fraction of sp³-hybridized carbons (Fsp3) is 0.100. The van der Waals surface area contributed by atoms with E-state index in [4.69, 9.17) is 11.6 Å². The van der Waals surface area contributed by atoms with E-state index in [9.17, 15) is 4.79 Å². The first-order chi connectivity index (χ1) is 13.1. The predicted molar refractivity (Wildman–Crippen MR) is 108 cm³/mol. The molecule has 2 aromatic carbocycles. The number of aryl methyl sites for hydroxylation is 1. The molecule has 2 aromatic heterocycles. The second kappa shape index (κ2) is 7.42. The Bertz CT molecular complexity index is 1140. The smallest absolute Gasteiger partial charge is 0.251 e. The molecule has 27 heavy (non-hydrogen) atoms. The van der Waals surface area contributed by atoms with Crippen molar-refractivity contribution in [1.82, 2.24) is 20.3 Å². The van der Waals surface area contributed by atoms with E-state index in [2.05, 4.69) is 20.3 Å². The molecule has 0 saturated heterocycles. The summed E-state index contributed by atoms with van der Waals surface area (Å²) in [4.78, 5) is 26.6. The fourth-order valence-electron chi connectivity index (χ4n) is 2.71. The van der Waals surface area contributed by atoms with E-state index in [0.717, 1.165) is 26.7 Å². The third-order valence-electron chi connectivity index (χ3n) is 4.14. The van der Waals surface area contributed by atoms with Gasteiger partial charge < -0.3 is 5.32 Å². The normalized spacial score (nSPS) is 10.9. The van der Waals surface area contributed by atoms with Crippen molar-refractivity contribution < 1.29 is 4.79 Å². The molecule has 0 radical (unpaired) electrons. The maximum absolute atomic E-state index is 12.5. The Balaban J connectivity index is 1.51. The van der Waals surface area contributed by atoms with Crippen LogP contribution >= 0.6 is 22.9 Å². The van der Waals surface area contributed by atoms with Crippen LogP contribution in [0.25, 0.3) is 21.6 Å². The van der Waals surface area contributed by atoms with Crippen LogP contribution in [0, 0.1) is 6.92 Å². The lowest BCUT2D eigenvalue weighted by Crippen LogP contribution is -2.22. The van der Waals surface area contributed by atoms with Crippen molar-refractivity contribution in [3.8, 4) is 10.6 Å². The summed E-state index contributed by atoms with van der Waals surface area (Å²) >= 11 is 7.80. The number of benzene rings is 2. The molecule has 0 unspecified atom stereocenters. The Hall–Kier alpha value is -2.83. The van der Waals surface area contributed by atoms with Gasteiger partial charge in [0.1, 0.15) is 5.01 Å². The Morgan fingerprint density at radius 3 is 2.70 bits per heavy atom. The number of nitrogens with zero attached hydrogens (tertiary/aromatic N) is 3. The number of rotatable bonds is 4. The highest BCUT2D eigenvalue weighted by molar-refractivity contribution is 7.15. The quantitative estimate of drug-likeness (QED) is 0.547. The van der Waals surface area contributed by atoms with E-state index in [1.165, 1.54) is 11.3 Å². The second-order valence-electron chi connectivity index (χ2n) is 5.95. The number of nitrogens with one attached hydrogen (secondary N) is 1. The third-order valence-corrected chi connectivity index (χ3v) is 5.66. The summed E-state index contributed by atoms with van der Waals surface area (Å²) in [5.74, 6) is -0.158. The molecule has 0 aliphatic carbocycles. The van der Waals surface area contributed by atoms with E-state index in [1.54, 1.807) is 30.6 Å². The van der Waals surface area contributed by atoms with Gasteiger partial charge in [-0.05, 0) is 31.2 Å². The Labute approximate surface area is 165 Å². The number of thiazole rings is 1. The zero-order valence-corrected chi connectivity index (χ0v) is 16.0. The molecule has 4 rings (SSSR count). The number of hydrogen-bond donors (Lipinski definition) is 1. The van der Waals surface area contributed by atoms with Gasteiger partial charge in [-0.2, -0.15) is 0 Å². The number of aromatic nitrogens is 3. The van der Waals surface area contributed by atoms with Crippen molar-refractivity contribution in [2.24, 2.45) is 0 Å². The summed E-state index contributed by atoms with van der Waals surface area (Å²) in [6, 6.07) is 12.9. The Morgan fingerprint density at radius 1 is 1.11 bits per heavy atom. The fourth-order valence-corrected chi connectivity index (χ4v) is 4.03. The van der Waals surface area contributed by atoms with Gasteiger partial charge >= 0.3 is 0 Å². The molecule has 0 aliphatic rings. The van der Waals surface area contributed by atoms with E-state index < -0.39 is 0 Å². The van der Waals surface area contributed by atoms with E-state index in [-0.39, 0.29) is 5.91 Å². The lowest BCUT2D eigenvalue weighted by molar-refractivity contribution is 0.0951. The Morgan fingerprint density at radius 2 is 1.89 bits per heavy atom. The standard InChI is InChI=1S/C20H15ClN4OS/c1-12-18(27-20(25-12)14-4-2-3-5-15(14)21)11-24-19(26)13-6-7-16-17(10-13)23-9-8-22-16/h2-10H,11H2,1H3,(H,24,26). The van der Waals surface area contributed by atoms with Crippen LogP contribution in [-0.2, 0) is 6.54 Å². The highest BCUT2D eigenvalue weighted by Crippen LogP contribution is 2.32. The van der Waals surface area contributed by atoms with Crippen molar-refractivity contribution in [2.45, 2.75) is 13.5 Å². The molecule has 4 aromatic rings. The van der Waals surface area contributed by atoms with Crippen LogP contribution in [0.4, 0.5) is 0 Å². The molecule has 1 N–H and O–H groups in total. The van der Waals surface area contributed by atoms with Crippen LogP contribution in [0.5, 0.6) is 0 Å². The minimum atomic E-state index is -0.158. The lowest BCUT2D eigenvalue weighted by atomic mass is 10.2. The molecule has 0 fully saturated rings. The topological polar surface area (TPSA) is 67.8 Å². The highest BCUT2D eigenvalue weighted by Gasteiger charge is 2.13.